The van der Waals surface area contributed by atoms with Gasteiger partial charge in [0.25, 0.3) is 0 Å². The molecule has 1 fully saturated rings. The third-order valence-electron chi connectivity index (χ3n) is 4.76. The highest BCUT2D eigenvalue weighted by molar-refractivity contribution is 7.89. The fourth-order valence-electron chi connectivity index (χ4n) is 3.07. The smallest absolute Gasteiger partial charge is 0.308 e. The summed E-state index contributed by atoms with van der Waals surface area (Å²) in [5, 5.41) is 1.71. The molecule has 0 N–H and O–H groups in total. The Hall–Kier alpha value is -2.30. The zero-order valence-corrected chi connectivity index (χ0v) is 17.6. The van der Waals surface area contributed by atoms with E-state index < -0.39 is 28.4 Å². The third kappa shape index (κ3) is 5.01. The summed E-state index contributed by atoms with van der Waals surface area (Å²) in [7, 11) is -3.53. The van der Waals surface area contributed by atoms with Gasteiger partial charge in [-0.2, -0.15) is 4.31 Å². The summed E-state index contributed by atoms with van der Waals surface area (Å²) in [6, 6.07) is 5.64. The molecule has 0 radical (unpaired) electrons. The first-order chi connectivity index (χ1) is 13.8. The van der Waals surface area contributed by atoms with E-state index in [1.165, 1.54) is 33.1 Å². The molecular weight excluding hydrogens is 416 g/mol. The predicted octanol–water partition coefficient (Wildman–Crippen LogP) is 1.82. The SMILES string of the molecule is Cc1csc(=O)n1CCC(=O)OCC(=O)c1ccc(S(=O)(=O)N2CCCC2)cc1. The van der Waals surface area contributed by atoms with Crippen molar-refractivity contribution in [2.24, 2.45) is 0 Å². The first kappa shape index (κ1) is 21.4. The van der Waals surface area contributed by atoms with Crippen molar-refractivity contribution < 1.29 is 22.7 Å². The number of carbonyl (C=O) groups is 2. The first-order valence-corrected chi connectivity index (χ1v) is 11.5. The Kier molecular flexibility index (Phi) is 6.66. The van der Waals surface area contributed by atoms with Gasteiger partial charge in [0.2, 0.25) is 10.0 Å². The Morgan fingerprint density at radius 3 is 2.38 bits per heavy atom. The van der Waals surface area contributed by atoms with Gasteiger partial charge in [0.05, 0.1) is 11.3 Å². The largest absolute Gasteiger partial charge is 0.457 e. The van der Waals surface area contributed by atoms with Gasteiger partial charge in [-0.15, -0.1) is 0 Å². The van der Waals surface area contributed by atoms with Crippen LogP contribution in [-0.2, 0) is 26.1 Å². The number of carbonyl (C=O) groups excluding carboxylic acids is 2. The zero-order valence-electron chi connectivity index (χ0n) is 16.0. The lowest BCUT2D eigenvalue weighted by Crippen LogP contribution is -2.27. The molecule has 0 atom stereocenters. The average Bonchev–Trinajstić information content (AvgIpc) is 3.36. The number of hydrogen-bond acceptors (Lipinski definition) is 7. The second kappa shape index (κ2) is 9.02. The second-order valence-corrected chi connectivity index (χ2v) is 9.52. The number of rotatable bonds is 8. The number of aryl methyl sites for hydroxylation is 1. The van der Waals surface area contributed by atoms with E-state index in [0.717, 1.165) is 29.9 Å². The van der Waals surface area contributed by atoms with E-state index in [1.807, 2.05) is 0 Å². The summed E-state index contributed by atoms with van der Waals surface area (Å²) in [6.07, 6.45) is 1.68. The number of esters is 1. The fraction of sp³-hybridized carbons (Fsp3) is 0.421. The van der Waals surface area contributed by atoms with Gasteiger partial charge in [-0.3, -0.25) is 14.4 Å². The Morgan fingerprint density at radius 2 is 1.79 bits per heavy atom. The fourth-order valence-corrected chi connectivity index (χ4v) is 5.35. The van der Waals surface area contributed by atoms with Crippen LogP contribution in [0.3, 0.4) is 0 Å². The lowest BCUT2D eigenvalue weighted by molar-refractivity contribution is -0.142. The molecule has 1 aliphatic heterocycles. The molecule has 0 amide bonds. The van der Waals surface area contributed by atoms with Gasteiger partial charge in [0, 0.05) is 36.3 Å². The van der Waals surface area contributed by atoms with Crippen molar-refractivity contribution in [3.63, 3.8) is 0 Å². The van der Waals surface area contributed by atoms with Gasteiger partial charge in [0.15, 0.2) is 12.4 Å². The summed E-state index contributed by atoms with van der Waals surface area (Å²) in [4.78, 5) is 35.7. The van der Waals surface area contributed by atoms with Crippen molar-refractivity contribution in [3.05, 3.63) is 50.6 Å². The van der Waals surface area contributed by atoms with Crippen molar-refractivity contribution in [3.8, 4) is 0 Å². The van der Waals surface area contributed by atoms with Crippen LogP contribution in [0.2, 0.25) is 0 Å². The van der Waals surface area contributed by atoms with Crippen LogP contribution >= 0.6 is 11.3 Å². The molecule has 10 heteroatoms. The average molecular weight is 439 g/mol. The van der Waals surface area contributed by atoms with E-state index in [0.29, 0.717) is 13.1 Å². The van der Waals surface area contributed by atoms with Crippen molar-refractivity contribution in [1.29, 1.82) is 0 Å². The molecule has 0 bridgehead atoms. The lowest BCUT2D eigenvalue weighted by atomic mass is 10.1. The molecule has 156 valence electrons. The normalized spacial score (nSPS) is 14.8. The van der Waals surface area contributed by atoms with E-state index in [2.05, 4.69) is 0 Å². The molecular formula is C19H22N2O6S2. The molecule has 0 spiro atoms. The summed E-state index contributed by atoms with van der Waals surface area (Å²) >= 11 is 1.06. The number of ether oxygens (including phenoxy) is 1. The third-order valence-corrected chi connectivity index (χ3v) is 7.55. The minimum atomic E-state index is -3.53. The summed E-state index contributed by atoms with van der Waals surface area (Å²) in [5.74, 6) is -1.00. The van der Waals surface area contributed by atoms with Gasteiger partial charge >= 0.3 is 10.8 Å². The Balaban J connectivity index is 1.53. The highest BCUT2D eigenvalue weighted by Gasteiger charge is 2.27. The van der Waals surface area contributed by atoms with E-state index in [9.17, 15) is 22.8 Å². The molecule has 1 aliphatic rings. The molecule has 1 aromatic heterocycles. The van der Waals surface area contributed by atoms with Crippen molar-refractivity contribution in [2.45, 2.75) is 37.6 Å². The van der Waals surface area contributed by atoms with Crippen LogP contribution in [0, 0.1) is 6.92 Å². The van der Waals surface area contributed by atoms with Crippen molar-refractivity contribution in [1.82, 2.24) is 8.87 Å². The van der Waals surface area contributed by atoms with Gasteiger partial charge in [-0.05, 0) is 44.0 Å². The zero-order chi connectivity index (χ0) is 21.0. The standard InChI is InChI=1S/C19H22N2O6S2/c1-14-13-28-19(24)21(14)11-8-18(23)27-12-17(22)15-4-6-16(7-5-15)29(25,26)20-9-2-3-10-20/h4-7,13H,2-3,8-12H2,1H3. The quantitative estimate of drug-likeness (QED) is 0.460. The molecule has 2 heterocycles. The molecule has 1 saturated heterocycles. The van der Waals surface area contributed by atoms with Gasteiger partial charge in [-0.1, -0.05) is 11.3 Å². The van der Waals surface area contributed by atoms with Crippen molar-refractivity contribution >= 4 is 33.1 Å². The van der Waals surface area contributed by atoms with E-state index in [4.69, 9.17) is 4.74 Å². The maximum atomic E-state index is 12.5. The number of benzene rings is 1. The number of sulfonamides is 1. The number of thiazole rings is 1. The number of ketones is 1. The molecule has 0 unspecified atom stereocenters. The highest BCUT2D eigenvalue weighted by Crippen LogP contribution is 2.21. The minimum Gasteiger partial charge on any atom is -0.457 e. The monoisotopic (exact) mass is 438 g/mol. The van der Waals surface area contributed by atoms with Crippen LogP contribution in [0.1, 0.15) is 35.3 Å². The van der Waals surface area contributed by atoms with Crippen LogP contribution in [0.15, 0.2) is 39.3 Å². The van der Waals surface area contributed by atoms with Crippen LogP contribution in [0.4, 0.5) is 0 Å². The molecule has 8 nitrogen and oxygen atoms in total. The second-order valence-electron chi connectivity index (χ2n) is 6.76. The maximum absolute atomic E-state index is 12.5. The number of nitrogens with zero attached hydrogens (tertiary/aromatic N) is 2. The van der Waals surface area contributed by atoms with Crippen LogP contribution in [-0.4, -0.2) is 48.7 Å². The first-order valence-electron chi connectivity index (χ1n) is 9.23. The van der Waals surface area contributed by atoms with Gasteiger partial charge in [-0.25, -0.2) is 8.42 Å². The number of aromatic nitrogens is 1. The van der Waals surface area contributed by atoms with Crippen LogP contribution in [0.5, 0.6) is 0 Å². The molecule has 0 aliphatic carbocycles. The summed E-state index contributed by atoms with van der Waals surface area (Å²) in [6.45, 7) is 2.56. The van der Waals surface area contributed by atoms with Crippen LogP contribution < -0.4 is 4.87 Å². The van der Waals surface area contributed by atoms with Crippen molar-refractivity contribution in [2.75, 3.05) is 19.7 Å². The molecule has 2 aromatic rings. The van der Waals surface area contributed by atoms with Gasteiger partial charge < -0.3 is 9.30 Å². The molecule has 3 rings (SSSR count). The Labute approximate surface area is 172 Å². The topological polar surface area (TPSA) is 103 Å². The van der Waals surface area contributed by atoms with Crippen LogP contribution in [0.25, 0.3) is 0 Å². The minimum absolute atomic E-state index is 0.0161. The Morgan fingerprint density at radius 1 is 1.14 bits per heavy atom. The number of Topliss-reactive ketones (excluding diaryl/α,β-unsaturated/α-hetero) is 1. The highest BCUT2D eigenvalue weighted by atomic mass is 32.2. The Bertz CT molecular complexity index is 1050. The van der Waals surface area contributed by atoms with E-state index in [1.54, 1.807) is 12.3 Å². The number of hydrogen-bond donors (Lipinski definition) is 0. The van der Waals surface area contributed by atoms with Gasteiger partial charge in [0.1, 0.15) is 0 Å². The maximum Gasteiger partial charge on any atom is 0.308 e. The summed E-state index contributed by atoms with van der Waals surface area (Å²) < 4.78 is 32.9. The molecule has 29 heavy (non-hydrogen) atoms. The summed E-state index contributed by atoms with van der Waals surface area (Å²) in [5.41, 5.74) is 1.04. The molecule has 1 aromatic carbocycles. The van der Waals surface area contributed by atoms with E-state index >= 15 is 0 Å². The molecule has 0 saturated carbocycles. The predicted molar refractivity (Wildman–Crippen MR) is 108 cm³/mol. The van der Waals surface area contributed by atoms with E-state index in [-0.39, 0.29) is 28.3 Å². The lowest BCUT2D eigenvalue weighted by Gasteiger charge is -2.15.